The van der Waals surface area contributed by atoms with Crippen molar-refractivity contribution in [2.75, 3.05) is 20.3 Å². The monoisotopic (exact) mass is 758 g/mol. The molecule has 0 spiro atoms. The molecule has 3 rings (SSSR count). The fraction of sp³-hybridized carbons (Fsp3) is 0.838. The van der Waals surface area contributed by atoms with E-state index < -0.39 is 133 Å². The second kappa shape index (κ2) is 18.8. The molecule has 0 aromatic rings. The van der Waals surface area contributed by atoms with Crippen molar-refractivity contribution in [2.45, 2.75) is 144 Å². The van der Waals surface area contributed by atoms with Crippen LogP contribution in [0, 0.1) is 35.5 Å². The van der Waals surface area contributed by atoms with Crippen molar-refractivity contribution in [1.82, 2.24) is 0 Å². The first-order chi connectivity index (χ1) is 24.7. The molecule has 16 nitrogen and oxygen atoms in total. The molecule has 0 aromatic carbocycles. The lowest BCUT2D eigenvalue weighted by Gasteiger charge is -2.47. The molecule has 3 heterocycles. The smallest absolute Gasteiger partial charge is 0.309 e. The minimum Gasteiger partial charge on any atom is -0.460 e. The Labute approximate surface area is 311 Å². The second-order valence-corrected chi connectivity index (χ2v) is 15.3. The summed E-state index contributed by atoms with van der Waals surface area (Å²) in [5.74, 6) is -10.4. The molecule has 2 unspecified atom stereocenters. The third-order valence-corrected chi connectivity index (χ3v) is 9.21. The van der Waals surface area contributed by atoms with Crippen LogP contribution in [0.15, 0.2) is 0 Å². The van der Waals surface area contributed by atoms with Gasteiger partial charge < -0.3 is 47.4 Å². The molecule has 3 aliphatic heterocycles. The summed E-state index contributed by atoms with van der Waals surface area (Å²) in [4.78, 5) is 79.8. The first-order valence-electron chi connectivity index (χ1n) is 18.4. The summed E-state index contributed by atoms with van der Waals surface area (Å²) in [5, 5.41) is 0. The summed E-state index contributed by atoms with van der Waals surface area (Å²) in [6.45, 7) is 16.8. The van der Waals surface area contributed by atoms with Gasteiger partial charge in [-0.3, -0.25) is 28.8 Å². The summed E-state index contributed by atoms with van der Waals surface area (Å²) in [6, 6.07) is 0. The van der Waals surface area contributed by atoms with Crippen LogP contribution in [-0.2, 0) is 76.1 Å². The zero-order valence-electron chi connectivity index (χ0n) is 32.9. The van der Waals surface area contributed by atoms with Crippen molar-refractivity contribution >= 4 is 35.8 Å². The van der Waals surface area contributed by atoms with Crippen LogP contribution in [0.4, 0.5) is 0 Å². The first kappa shape index (κ1) is 44.1. The quantitative estimate of drug-likeness (QED) is 0.220. The Morgan fingerprint density at radius 1 is 0.679 bits per heavy atom. The van der Waals surface area contributed by atoms with Gasteiger partial charge in [-0.1, -0.05) is 69.2 Å². The van der Waals surface area contributed by atoms with Gasteiger partial charge in [-0.2, -0.15) is 0 Å². The Morgan fingerprint density at radius 3 is 1.64 bits per heavy atom. The van der Waals surface area contributed by atoms with Crippen LogP contribution >= 0.6 is 0 Å². The van der Waals surface area contributed by atoms with Crippen molar-refractivity contribution in [3.63, 3.8) is 0 Å². The highest BCUT2D eigenvalue weighted by molar-refractivity contribution is 5.75. The van der Waals surface area contributed by atoms with E-state index in [-0.39, 0.29) is 19.4 Å². The van der Waals surface area contributed by atoms with Crippen LogP contribution in [0.5, 0.6) is 0 Å². The van der Waals surface area contributed by atoms with Crippen LogP contribution in [0.2, 0.25) is 0 Å². The third-order valence-electron chi connectivity index (χ3n) is 9.21. The number of esters is 6. The molecule has 3 saturated heterocycles. The van der Waals surface area contributed by atoms with E-state index in [9.17, 15) is 28.8 Å². The predicted octanol–water partition coefficient (Wildman–Crippen LogP) is 3.28. The number of carbonyl (C=O) groups is 6. The first-order valence-corrected chi connectivity index (χ1v) is 18.4. The van der Waals surface area contributed by atoms with E-state index in [2.05, 4.69) is 0 Å². The van der Waals surface area contributed by atoms with E-state index in [0.717, 1.165) is 0 Å². The summed E-state index contributed by atoms with van der Waals surface area (Å²) >= 11 is 0. The topological polar surface area (TPSA) is 195 Å². The summed E-state index contributed by atoms with van der Waals surface area (Å²) in [6.07, 6.45) is -10.9. The van der Waals surface area contributed by atoms with Gasteiger partial charge in [0.2, 0.25) is 12.1 Å². The molecule has 0 aromatic heterocycles. The van der Waals surface area contributed by atoms with E-state index in [1.54, 1.807) is 76.2 Å². The maximum atomic E-state index is 13.8. The molecule has 3 fully saturated rings. The maximum Gasteiger partial charge on any atom is 0.309 e. The minimum absolute atomic E-state index is 0.184. The summed E-state index contributed by atoms with van der Waals surface area (Å²) in [5.41, 5.74) is 0. The van der Waals surface area contributed by atoms with Crippen LogP contribution in [0.25, 0.3) is 0 Å². The molecule has 302 valence electrons. The average molecular weight is 759 g/mol. The Kier molecular flexibility index (Phi) is 15.6. The maximum absolute atomic E-state index is 13.8. The van der Waals surface area contributed by atoms with Crippen molar-refractivity contribution in [3.05, 3.63) is 0 Å². The van der Waals surface area contributed by atoms with Gasteiger partial charge in [0.1, 0.15) is 12.7 Å². The highest BCUT2D eigenvalue weighted by Crippen LogP contribution is 2.42. The minimum atomic E-state index is -2.25. The Hall–Kier alpha value is -3.34. The molecular formula is C37H58O16. The number of hydrogen-bond donors (Lipinski definition) is 0. The molecule has 16 heteroatoms. The highest BCUT2D eigenvalue weighted by atomic mass is 16.8. The molecule has 3 aliphatic rings. The van der Waals surface area contributed by atoms with Crippen LogP contribution < -0.4 is 0 Å². The standard InChI is InChI=1S/C37H58O16/c1-17(2)30(38)45-16-37-29(25(23(11)52-37)47-31(39)18(3)4)51-35(43)22(10)14-13-21(9)34(42)50-28-27(49-33(41)20(7)8)26(48-32(40)19(5)6)24(15-44-12)46-36(28)53-37/h17-29,36H,13-16H2,1-12H3/t21?,22?,23-,24-,25-,26-,27+,28-,29+,36-,37+/m1/s1. The van der Waals surface area contributed by atoms with Crippen molar-refractivity contribution < 1.29 is 76.1 Å². The normalized spacial score (nSPS) is 33.8. The molecular weight excluding hydrogens is 700 g/mol. The second-order valence-electron chi connectivity index (χ2n) is 15.3. The molecule has 0 amide bonds. The van der Waals surface area contributed by atoms with Gasteiger partial charge in [-0.15, -0.1) is 0 Å². The lowest BCUT2D eigenvalue weighted by molar-refractivity contribution is -0.384. The molecule has 0 radical (unpaired) electrons. The number of fused-ring (bicyclic) bond motifs is 2. The van der Waals surface area contributed by atoms with Gasteiger partial charge >= 0.3 is 35.8 Å². The van der Waals surface area contributed by atoms with E-state index in [0.29, 0.717) is 0 Å². The summed E-state index contributed by atoms with van der Waals surface area (Å²) in [7, 11) is 1.37. The van der Waals surface area contributed by atoms with Crippen LogP contribution in [0.3, 0.4) is 0 Å². The molecule has 0 bridgehead atoms. The van der Waals surface area contributed by atoms with Crippen LogP contribution in [-0.4, -0.2) is 111 Å². The molecule has 11 atom stereocenters. The Balaban J connectivity index is 2.31. The largest absolute Gasteiger partial charge is 0.460 e. The van der Waals surface area contributed by atoms with Crippen molar-refractivity contribution in [1.29, 1.82) is 0 Å². The average Bonchev–Trinajstić information content (AvgIpc) is 3.33. The van der Waals surface area contributed by atoms with Gasteiger partial charge in [-0.25, -0.2) is 0 Å². The Morgan fingerprint density at radius 2 is 1.15 bits per heavy atom. The SMILES string of the molecule is COC[C@H]1O[C@@H]2O[C@]3(COC(=O)C(C)C)O[C@H](C)[C@@H](OC(=O)C(C)C)[C@@H]3OC(=O)C(C)CCC(C)C(=O)O[C@@H]2[C@@H](OC(=O)C(C)C)[C@@H]1OC(=O)C(C)C. The fourth-order valence-corrected chi connectivity index (χ4v) is 5.75. The van der Waals surface area contributed by atoms with Gasteiger partial charge in [0.05, 0.1) is 48.2 Å². The zero-order valence-corrected chi connectivity index (χ0v) is 32.9. The van der Waals surface area contributed by atoms with Gasteiger partial charge in [0.25, 0.3) is 0 Å². The predicted molar refractivity (Wildman–Crippen MR) is 182 cm³/mol. The lowest BCUT2D eigenvalue weighted by Crippen LogP contribution is -2.66. The molecule has 0 N–H and O–H groups in total. The van der Waals surface area contributed by atoms with E-state index in [1.807, 2.05) is 0 Å². The summed E-state index contributed by atoms with van der Waals surface area (Å²) < 4.78 is 60.3. The number of methoxy groups -OCH3 is 1. The molecule has 0 aliphatic carbocycles. The van der Waals surface area contributed by atoms with E-state index in [1.165, 1.54) is 7.11 Å². The van der Waals surface area contributed by atoms with E-state index in [4.69, 9.17) is 47.4 Å². The number of ether oxygens (including phenoxy) is 10. The number of rotatable bonds is 11. The molecule has 53 heavy (non-hydrogen) atoms. The fourth-order valence-electron chi connectivity index (χ4n) is 5.75. The highest BCUT2D eigenvalue weighted by Gasteiger charge is 2.64. The lowest BCUT2D eigenvalue weighted by atomic mass is 9.96. The van der Waals surface area contributed by atoms with Crippen molar-refractivity contribution in [2.24, 2.45) is 35.5 Å². The number of hydrogen-bond acceptors (Lipinski definition) is 16. The van der Waals surface area contributed by atoms with Crippen molar-refractivity contribution in [3.8, 4) is 0 Å². The molecule has 0 saturated carbocycles. The van der Waals surface area contributed by atoms with E-state index >= 15 is 0 Å². The third kappa shape index (κ3) is 10.9. The Bertz CT molecular complexity index is 1310. The number of carbonyl (C=O) groups excluding carboxylic acids is 6. The van der Waals surface area contributed by atoms with Crippen LogP contribution in [0.1, 0.15) is 89.0 Å². The van der Waals surface area contributed by atoms with Gasteiger partial charge in [0.15, 0.2) is 30.5 Å². The van der Waals surface area contributed by atoms with Gasteiger partial charge in [0, 0.05) is 7.11 Å². The van der Waals surface area contributed by atoms with Gasteiger partial charge in [-0.05, 0) is 19.8 Å². The zero-order chi connectivity index (χ0) is 39.9.